The highest BCUT2D eigenvalue weighted by Crippen LogP contribution is 2.49. The van der Waals surface area contributed by atoms with E-state index in [0.717, 1.165) is 72.0 Å². The van der Waals surface area contributed by atoms with Crippen molar-refractivity contribution in [2.75, 3.05) is 0 Å². The Kier molecular flexibility index (Phi) is 8.80. The molecule has 9 aromatic carbocycles. The first-order valence-corrected chi connectivity index (χ1v) is 21.8. The van der Waals surface area contributed by atoms with Gasteiger partial charge in [-0.05, 0) is 109 Å². The first-order chi connectivity index (χ1) is 31.4. The van der Waals surface area contributed by atoms with E-state index in [1.807, 2.05) is 18.2 Å². The van der Waals surface area contributed by atoms with Crippen LogP contribution in [0.5, 0.6) is 0 Å². The Bertz CT molecular complexity index is 3590. The molecule has 0 N–H and O–H groups in total. The van der Waals surface area contributed by atoms with Gasteiger partial charge in [-0.25, -0.2) is 15.0 Å². The summed E-state index contributed by atoms with van der Waals surface area (Å²) in [7, 11) is 0. The molecule has 0 aliphatic heterocycles. The highest BCUT2D eigenvalue weighted by Gasteiger charge is 2.35. The van der Waals surface area contributed by atoms with Crippen molar-refractivity contribution in [2.45, 2.75) is 19.3 Å². The fraction of sp³-hybridized carbons (Fsp3) is 0.0500. The van der Waals surface area contributed by atoms with Crippen LogP contribution in [0.25, 0.3) is 112 Å². The van der Waals surface area contributed by atoms with Gasteiger partial charge in [0.15, 0.2) is 17.5 Å². The Balaban J connectivity index is 0.987. The Hall–Kier alpha value is -8.21. The molecule has 0 radical (unpaired) electrons. The molecule has 4 nitrogen and oxygen atoms in total. The van der Waals surface area contributed by atoms with Gasteiger partial charge in [-0.3, -0.25) is 0 Å². The Morgan fingerprint density at radius 3 is 1.42 bits per heavy atom. The van der Waals surface area contributed by atoms with Crippen molar-refractivity contribution in [3.8, 4) is 89.8 Å². The lowest BCUT2D eigenvalue weighted by atomic mass is 9.81. The second-order valence-corrected chi connectivity index (χ2v) is 17.2. The van der Waals surface area contributed by atoms with Crippen LogP contribution in [0.1, 0.15) is 25.0 Å². The molecule has 0 amide bonds. The number of nitrogens with zero attached hydrogens (tertiary/aromatic N) is 3. The fourth-order valence-corrected chi connectivity index (χ4v) is 9.65. The van der Waals surface area contributed by atoms with Crippen LogP contribution >= 0.6 is 0 Å². The molecule has 12 rings (SSSR count). The SMILES string of the molecule is CC1(C)c2ccccc2-c2ccc(-c3cccc(-c4nc(-c5cccc(-c6cccc(-c7ccccc7)c6)c5)nc(-c5ccc6c(c5)oc5cccc(-c7ccccc7)c56)n4)c3)cc21. The summed E-state index contributed by atoms with van der Waals surface area (Å²) in [6, 6.07) is 75.0. The molecule has 0 bridgehead atoms. The molecule has 64 heavy (non-hydrogen) atoms. The van der Waals surface area contributed by atoms with Crippen molar-refractivity contribution in [2.24, 2.45) is 0 Å². The van der Waals surface area contributed by atoms with Crippen LogP contribution in [0.4, 0.5) is 0 Å². The topological polar surface area (TPSA) is 51.8 Å². The van der Waals surface area contributed by atoms with Gasteiger partial charge in [-0.15, -0.1) is 0 Å². The second-order valence-electron chi connectivity index (χ2n) is 17.2. The third kappa shape index (κ3) is 6.42. The van der Waals surface area contributed by atoms with Gasteiger partial charge in [0.1, 0.15) is 11.2 Å². The van der Waals surface area contributed by atoms with Gasteiger partial charge < -0.3 is 4.42 Å². The van der Waals surface area contributed by atoms with Crippen molar-refractivity contribution in [3.63, 3.8) is 0 Å². The Labute approximate surface area is 372 Å². The first-order valence-electron chi connectivity index (χ1n) is 21.8. The Morgan fingerprint density at radius 1 is 0.312 bits per heavy atom. The van der Waals surface area contributed by atoms with Crippen LogP contribution in [0.3, 0.4) is 0 Å². The fourth-order valence-electron chi connectivity index (χ4n) is 9.65. The molecule has 11 aromatic rings. The number of furan rings is 1. The van der Waals surface area contributed by atoms with E-state index in [0.29, 0.717) is 17.5 Å². The molecule has 0 atom stereocenters. The number of rotatable bonds is 7. The predicted octanol–water partition coefficient (Wildman–Crippen LogP) is 15.7. The molecule has 0 saturated carbocycles. The van der Waals surface area contributed by atoms with E-state index < -0.39 is 0 Å². The quantitative estimate of drug-likeness (QED) is 0.161. The molecular weight excluding hydrogens is 779 g/mol. The summed E-state index contributed by atoms with van der Waals surface area (Å²) in [6.45, 7) is 4.65. The first kappa shape index (κ1) is 37.5. The zero-order chi connectivity index (χ0) is 42.8. The summed E-state index contributed by atoms with van der Waals surface area (Å²) in [5.41, 5.74) is 18.6. The third-order valence-corrected chi connectivity index (χ3v) is 12.9. The zero-order valence-electron chi connectivity index (χ0n) is 35.5. The largest absolute Gasteiger partial charge is 0.456 e. The standard InChI is InChI=1S/C60H41N3O/c1-60(2)52-27-10-9-25-49(52)50-31-29-44(36-53(50)60)43-22-13-24-46(35-43)58-61-57(45-23-12-21-42(34-45)41-20-11-19-40(33-41)38-15-5-3-6-16-38)62-59(63-58)47-30-32-51-55(37-47)64-54-28-14-26-48(56(51)54)39-17-7-4-8-18-39/h3-37H,1-2H3. The lowest BCUT2D eigenvalue weighted by Gasteiger charge is -2.22. The van der Waals surface area contributed by atoms with Gasteiger partial charge >= 0.3 is 0 Å². The average molecular weight is 820 g/mol. The van der Waals surface area contributed by atoms with Crippen LogP contribution in [-0.4, -0.2) is 15.0 Å². The Morgan fingerprint density at radius 2 is 0.766 bits per heavy atom. The number of hydrogen-bond acceptors (Lipinski definition) is 4. The number of benzene rings is 9. The molecular formula is C60H41N3O. The maximum absolute atomic E-state index is 6.57. The summed E-state index contributed by atoms with van der Waals surface area (Å²) >= 11 is 0. The molecule has 302 valence electrons. The molecule has 4 heteroatoms. The minimum Gasteiger partial charge on any atom is -0.456 e. The highest BCUT2D eigenvalue weighted by atomic mass is 16.3. The number of aromatic nitrogens is 3. The minimum absolute atomic E-state index is 0.0982. The van der Waals surface area contributed by atoms with Crippen LogP contribution in [0.15, 0.2) is 217 Å². The van der Waals surface area contributed by atoms with Crippen molar-refractivity contribution in [3.05, 3.63) is 223 Å². The molecule has 0 unspecified atom stereocenters. The summed E-state index contributed by atoms with van der Waals surface area (Å²) in [4.78, 5) is 15.7. The van der Waals surface area contributed by atoms with E-state index in [4.69, 9.17) is 19.4 Å². The van der Waals surface area contributed by atoms with E-state index in [1.165, 1.54) is 33.4 Å². The molecule has 0 fully saturated rings. The predicted molar refractivity (Wildman–Crippen MR) is 263 cm³/mol. The van der Waals surface area contributed by atoms with Gasteiger partial charge in [0, 0.05) is 32.9 Å². The van der Waals surface area contributed by atoms with E-state index >= 15 is 0 Å². The summed E-state index contributed by atoms with van der Waals surface area (Å²) in [6.07, 6.45) is 0. The number of hydrogen-bond donors (Lipinski definition) is 0. The molecule has 1 aliphatic carbocycles. The van der Waals surface area contributed by atoms with E-state index in [9.17, 15) is 0 Å². The van der Waals surface area contributed by atoms with Crippen molar-refractivity contribution >= 4 is 21.9 Å². The van der Waals surface area contributed by atoms with Crippen LogP contribution in [0.2, 0.25) is 0 Å². The molecule has 0 saturated heterocycles. The second kappa shape index (κ2) is 15.0. The lowest BCUT2D eigenvalue weighted by Crippen LogP contribution is -2.14. The maximum Gasteiger partial charge on any atom is 0.164 e. The van der Waals surface area contributed by atoms with Gasteiger partial charge in [0.2, 0.25) is 0 Å². The molecule has 1 aliphatic rings. The summed E-state index contributed by atoms with van der Waals surface area (Å²) in [5, 5.41) is 2.14. The van der Waals surface area contributed by atoms with Gasteiger partial charge in [0.05, 0.1) is 0 Å². The third-order valence-electron chi connectivity index (χ3n) is 12.9. The van der Waals surface area contributed by atoms with Crippen molar-refractivity contribution in [1.82, 2.24) is 15.0 Å². The summed E-state index contributed by atoms with van der Waals surface area (Å²) in [5.74, 6) is 1.77. The number of fused-ring (bicyclic) bond motifs is 6. The van der Waals surface area contributed by atoms with Crippen LogP contribution in [-0.2, 0) is 5.41 Å². The zero-order valence-corrected chi connectivity index (χ0v) is 35.5. The minimum atomic E-state index is -0.0982. The molecule has 2 aromatic heterocycles. The maximum atomic E-state index is 6.57. The van der Waals surface area contributed by atoms with Gasteiger partial charge in [-0.2, -0.15) is 0 Å². The van der Waals surface area contributed by atoms with E-state index in [-0.39, 0.29) is 5.41 Å². The smallest absolute Gasteiger partial charge is 0.164 e. The van der Waals surface area contributed by atoms with E-state index in [2.05, 4.69) is 208 Å². The highest BCUT2D eigenvalue weighted by molar-refractivity contribution is 6.13. The van der Waals surface area contributed by atoms with Gasteiger partial charge in [0.25, 0.3) is 0 Å². The van der Waals surface area contributed by atoms with E-state index in [1.54, 1.807) is 0 Å². The van der Waals surface area contributed by atoms with Crippen molar-refractivity contribution < 1.29 is 4.42 Å². The van der Waals surface area contributed by atoms with Crippen LogP contribution in [0, 0.1) is 0 Å². The monoisotopic (exact) mass is 819 g/mol. The summed E-state index contributed by atoms with van der Waals surface area (Å²) < 4.78 is 6.57. The normalized spacial score (nSPS) is 12.7. The lowest BCUT2D eigenvalue weighted by molar-refractivity contribution is 0.660. The van der Waals surface area contributed by atoms with Gasteiger partial charge in [-0.1, -0.05) is 184 Å². The average Bonchev–Trinajstić information content (AvgIpc) is 3.85. The molecule has 0 spiro atoms. The molecule has 2 heterocycles. The van der Waals surface area contributed by atoms with Crippen molar-refractivity contribution in [1.29, 1.82) is 0 Å². The van der Waals surface area contributed by atoms with Crippen LogP contribution < -0.4 is 0 Å².